The SMILES string of the molecule is CNCCOC(=O)CCN(CCNC)CCNC. The molecule has 0 radical (unpaired) electrons. The molecule has 0 aliphatic heterocycles. The molecule has 0 spiro atoms. The van der Waals surface area contributed by atoms with Gasteiger partial charge in [0.05, 0.1) is 6.42 Å². The molecule has 0 aromatic carbocycles. The zero-order valence-corrected chi connectivity index (χ0v) is 11.9. The van der Waals surface area contributed by atoms with E-state index in [9.17, 15) is 4.79 Å². The van der Waals surface area contributed by atoms with Crippen LogP contribution in [0.4, 0.5) is 0 Å². The molecule has 0 unspecified atom stereocenters. The number of rotatable bonds is 12. The van der Waals surface area contributed by atoms with Gasteiger partial charge in [-0.1, -0.05) is 0 Å². The van der Waals surface area contributed by atoms with Gasteiger partial charge in [0.25, 0.3) is 0 Å². The number of nitrogens with one attached hydrogen (secondary N) is 3. The Morgan fingerprint density at radius 1 is 0.944 bits per heavy atom. The zero-order valence-electron chi connectivity index (χ0n) is 11.9. The van der Waals surface area contributed by atoms with Crippen LogP contribution < -0.4 is 16.0 Å². The lowest BCUT2D eigenvalue weighted by molar-refractivity contribution is -0.143. The molecule has 0 saturated heterocycles. The van der Waals surface area contributed by atoms with Gasteiger partial charge in [0.15, 0.2) is 0 Å². The second kappa shape index (κ2) is 12.8. The van der Waals surface area contributed by atoms with Gasteiger partial charge in [-0.2, -0.15) is 0 Å². The van der Waals surface area contributed by atoms with Crippen molar-refractivity contribution in [1.82, 2.24) is 20.9 Å². The fourth-order valence-electron chi connectivity index (χ4n) is 1.46. The molecule has 6 heteroatoms. The minimum atomic E-state index is -0.121. The van der Waals surface area contributed by atoms with Crippen LogP contribution in [0.3, 0.4) is 0 Å². The first-order valence-corrected chi connectivity index (χ1v) is 6.56. The lowest BCUT2D eigenvalue weighted by Crippen LogP contribution is -2.37. The lowest BCUT2D eigenvalue weighted by Gasteiger charge is -2.21. The minimum Gasteiger partial charge on any atom is -0.464 e. The average Bonchev–Trinajstić information content (AvgIpc) is 2.38. The van der Waals surface area contributed by atoms with Gasteiger partial charge in [0.2, 0.25) is 0 Å². The van der Waals surface area contributed by atoms with Crippen LogP contribution in [0.5, 0.6) is 0 Å². The summed E-state index contributed by atoms with van der Waals surface area (Å²) in [4.78, 5) is 13.7. The Bertz CT molecular complexity index is 195. The smallest absolute Gasteiger partial charge is 0.307 e. The topological polar surface area (TPSA) is 65.6 Å². The predicted molar refractivity (Wildman–Crippen MR) is 73.8 cm³/mol. The van der Waals surface area contributed by atoms with Gasteiger partial charge in [0, 0.05) is 39.3 Å². The molecule has 6 nitrogen and oxygen atoms in total. The Labute approximate surface area is 110 Å². The Morgan fingerprint density at radius 2 is 1.50 bits per heavy atom. The molecule has 0 aromatic rings. The quantitative estimate of drug-likeness (QED) is 0.305. The molecule has 0 aliphatic carbocycles. The van der Waals surface area contributed by atoms with E-state index in [0.717, 1.165) is 32.7 Å². The number of hydrogen-bond donors (Lipinski definition) is 3. The molecule has 0 rings (SSSR count). The van der Waals surface area contributed by atoms with Gasteiger partial charge in [-0.15, -0.1) is 0 Å². The van der Waals surface area contributed by atoms with Crippen molar-refractivity contribution >= 4 is 5.97 Å². The van der Waals surface area contributed by atoms with Crippen molar-refractivity contribution in [3.05, 3.63) is 0 Å². The highest BCUT2D eigenvalue weighted by molar-refractivity contribution is 5.69. The van der Waals surface area contributed by atoms with Crippen LogP contribution in [0, 0.1) is 0 Å². The first-order valence-electron chi connectivity index (χ1n) is 6.56. The molecule has 0 bridgehead atoms. The maximum atomic E-state index is 11.5. The third kappa shape index (κ3) is 10.5. The van der Waals surface area contributed by atoms with Crippen LogP contribution >= 0.6 is 0 Å². The highest BCUT2D eigenvalue weighted by Gasteiger charge is 2.08. The summed E-state index contributed by atoms with van der Waals surface area (Å²) in [5.74, 6) is -0.121. The van der Waals surface area contributed by atoms with Crippen molar-refractivity contribution in [2.45, 2.75) is 6.42 Å². The van der Waals surface area contributed by atoms with Crippen molar-refractivity contribution in [2.75, 3.05) is 67.0 Å². The highest BCUT2D eigenvalue weighted by atomic mass is 16.5. The van der Waals surface area contributed by atoms with Crippen LogP contribution in [-0.2, 0) is 9.53 Å². The maximum Gasteiger partial charge on any atom is 0.307 e. The Hall–Kier alpha value is -0.690. The third-order valence-corrected chi connectivity index (χ3v) is 2.60. The largest absolute Gasteiger partial charge is 0.464 e. The molecule has 0 saturated carbocycles. The summed E-state index contributed by atoms with van der Waals surface area (Å²) in [6.07, 6.45) is 0.455. The summed E-state index contributed by atoms with van der Waals surface area (Å²) in [6, 6.07) is 0. The molecule has 0 atom stereocenters. The molecule has 3 N–H and O–H groups in total. The number of nitrogens with zero attached hydrogens (tertiary/aromatic N) is 1. The van der Waals surface area contributed by atoms with Crippen molar-refractivity contribution < 1.29 is 9.53 Å². The second-order valence-electron chi connectivity index (χ2n) is 4.12. The molecular weight excluding hydrogens is 232 g/mol. The van der Waals surface area contributed by atoms with E-state index < -0.39 is 0 Å². The van der Waals surface area contributed by atoms with E-state index in [0.29, 0.717) is 19.6 Å². The van der Waals surface area contributed by atoms with Crippen LogP contribution in [0.15, 0.2) is 0 Å². The second-order valence-corrected chi connectivity index (χ2v) is 4.12. The number of esters is 1. The number of hydrogen-bond acceptors (Lipinski definition) is 6. The molecule has 0 amide bonds. The Morgan fingerprint density at radius 3 is 2.00 bits per heavy atom. The molecule has 0 heterocycles. The van der Waals surface area contributed by atoms with Gasteiger partial charge in [0.1, 0.15) is 6.61 Å². The van der Waals surface area contributed by atoms with E-state index in [1.54, 1.807) is 0 Å². The molecule has 0 aromatic heterocycles. The first-order chi connectivity index (χ1) is 8.74. The number of likely N-dealkylation sites (N-methyl/N-ethyl adjacent to an activating group) is 3. The maximum absolute atomic E-state index is 11.5. The van der Waals surface area contributed by atoms with Crippen molar-refractivity contribution in [3.63, 3.8) is 0 Å². The van der Waals surface area contributed by atoms with Crippen molar-refractivity contribution in [1.29, 1.82) is 0 Å². The van der Waals surface area contributed by atoms with E-state index in [1.165, 1.54) is 0 Å². The fraction of sp³-hybridized carbons (Fsp3) is 0.917. The minimum absolute atomic E-state index is 0.121. The van der Waals surface area contributed by atoms with Crippen LogP contribution in [0.2, 0.25) is 0 Å². The van der Waals surface area contributed by atoms with Gasteiger partial charge in [-0.3, -0.25) is 4.79 Å². The zero-order chi connectivity index (χ0) is 13.6. The number of ether oxygens (including phenoxy) is 1. The molecule has 18 heavy (non-hydrogen) atoms. The molecule has 0 fully saturated rings. The Balaban J connectivity index is 3.74. The van der Waals surface area contributed by atoms with Crippen LogP contribution in [-0.4, -0.2) is 77.9 Å². The molecule has 0 aliphatic rings. The van der Waals surface area contributed by atoms with Crippen molar-refractivity contribution in [2.24, 2.45) is 0 Å². The fourth-order valence-corrected chi connectivity index (χ4v) is 1.46. The summed E-state index contributed by atoms with van der Waals surface area (Å²) in [6.45, 7) is 5.65. The van der Waals surface area contributed by atoms with E-state index in [2.05, 4.69) is 20.9 Å². The normalized spacial score (nSPS) is 10.9. The summed E-state index contributed by atoms with van der Waals surface area (Å²) in [5.41, 5.74) is 0. The predicted octanol–water partition coefficient (Wildman–Crippen LogP) is -1.12. The van der Waals surface area contributed by atoms with Gasteiger partial charge in [-0.25, -0.2) is 0 Å². The summed E-state index contributed by atoms with van der Waals surface area (Å²) < 4.78 is 5.08. The highest BCUT2D eigenvalue weighted by Crippen LogP contribution is 1.93. The number of carbonyl (C=O) groups is 1. The van der Waals surface area contributed by atoms with Gasteiger partial charge in [-0.05, 0) is 21.1 Å². The standard InChI is InChI=1S/C12H28N4O2/c1-13-5-9-16(10-6-14-2)8-4-12(17)18-11-7-15-3/h13-15H,4-11H2,1-3H3. The average molecular weight is 260 g/mol. The van der Waals surface area contributed by atoms with Crippen molar-refractivity contribution in [3.8, 4) is 0 Å². The third-order valence-electron chi connectivity index (χ3n) is 2.60. The first kappa shape index (κ1) is 17.3. The monoisotopic (exact) mass is 260 g/mol. The summed E-state index contributed by atoms with van der Waals surface area (Å²) >= 11 is 0. The van der Waals surface area contributed by atoms with Gasteiger partial charge >= 0.3 is 5.97 Å². The van der Waals surface area contributed by atoms with E-state index >= 15 is 0 Å². The molecular formula is C12H28N4O2. The Kier molecular flexibility index (Phi) is 12.3. The lowest BCUT2D eigenvalue weighted by atomic mass is 10.3. The summed E-state index contributed by atoms with van der Waals surface area (Å²) in [5, 5.41) is 9.17. The van der Waals surface area contributed by atoms with Gasteiger partial charge < -0.3 is 25.6 Å². The summed E-state index contributed by atoms with van der Waals surface area (Å²) in [7, 11) is 5.70. The van der Waals surface area contributed by atoms with Crippen LogP contribution in [0.25, 0.3) is 0 Å². The van der Waals surface area contributed by atoms with E-state index in [1.807, 2.05) is 21.1 Å². The van der Waals surface area contributed by atoms with E-state index in [-0.39, 0.29) is 5.97 Å². The van der Waals surface area contributed by atoms with E-state index in [4.69, 9.17) is 4.74 Å². The molecule has 108 valence electrons. The number of carbonyl (C=O) groups excluding carboxylic acids is 1. The van der Waals surface area contributed by atoms with Crippen LogP contribution in [0.1, 0.15) is 6.42 Å².